The SMILES string of the molecule is Nc1cc(Oc2cccc(F)c2F)ccc1C(=O)O. The second kappa shape index (κ2) is 4.93. The van der Waals surface area contributed by atoms with E-state index in [2.05, 4.69) is 0 Å². The van der Waals surface area contributed by atoms with Crippen molar-refractivity contribution in [3.63, 3.8) is 0 Å². The van der Waals surface area contributed by atoms with Crippen molar-refractivity contribution >= 4 is 11.7 Å². The van der Waals surface area contributed by atoms with E-state index in [0.717, 1.165) is 6.07 Å². The summed E-state index contributed by atoms with van der Waals surface area (Å²) in [5.74, 6) is -3.52. The van der Waals surface area contributed by atoms with E-state index in [4.69, 9.17) is 15.6 Å². The number of hydrogen-bond donors (Lipinski definition) is 2. The van der Waals surface area contributed by atoms with Crippen molar-refractivity contribution in [2.24, 2.45) is 0 Å². The molecule has 0 heterocycles. The molecule has 2 aromatic rings. The molecule has 0 amide bonds. The Balaban J connectivity index is 2.32. The van der Waals surface area contributed by atoms with Gasteiger partial charge in [0.15, 0.2) is 11.6 Å². The number of nitrogens with two attached hydrogens (primary N) is 1. The summed E-state index contributed by atoms with van der Waals surface area (Å²) in [7, 11) is 0. The van der Waals surface area contributed by atoms with E-state index in [9.17, 15) is 13.6 Å². The van der Waals surface area contributed by atoms with Crippen molar-refractivity contribution in [1.29, 1.82) is 0 Å². The summed E-state index contributed by atoms with van der Waals surface area (Å²) in [6.45, 7) is 0. The number of halogens is 2. The lowest BCUT2D eigenvalue weighted by molar-refractivity contribution is 0.0698. The third-order valence-electron chi connectivity index (χ3n) is 2.40. The molecule has 0 aliphatic rings. The van der Waals surface area contributed by atoms with Crippen LogP contribution in [0.4, 0.5) is 14.5 Å². The third-order valence-corrected chi connectivity index (χ3v) is 2.40. The highest BCUT2D eigenvalue weighted by Gasteiger charge is 2.12. The van der Waals surface area contributed by atoms with Crippen molar-refractivity contribution < 1.29 is 23.4 Å². The van der Waals surface area contributed by atoms with Crippen molar-refractivity contribution in [3.05, 3.63) is 53.6 Å². The minimum atomic E-state index is -1.18. The van der Waals surface area contributed by atoms with Crippen LogP contribution in [0.15, 0.2) is 36.4 Å². The van der Waals surface area contributed by atoms with Gasteiger partial charge in [0.05, 0.1) is 5.56 Å². The van der Waals surface area contributed by atoms with Gasteiger partial charge >= 0.3 is 5.97 Å². The Morgan fingerprint density at radius 1 is 1.21 bits per heavy atom. The summed E-state index contributed by atoms with van der Waals surface area (Å²) in [5.41, 5.74) is 5.40. The lowest BCUT2D eigenvalue weighted by Crippen LogP contribution is -2.02. The topological polar surface area (TPSA) is 72.5 Å². The Bertz CT molecular complexity index is 644. The molecule has 0 fully saturated rings. The van der Waals surface area contributed by atoms with Gasteiger partial charge in [-0.3, -0.25) is 0 Å². The van der Waals surface area contributed by atoms with Gasteiger partial charge in [-0.2, -0.15) is 4.39 Å². The molecule has 0 aliphatic heterocycles. The molecule has 0 radical (unpaired) electrons. The van der Waals surface area contributed by atoms with E-state index in [0.29, 0.717) is 0 Å². The molecule has 19 heavy (non-hydrogen) atoms. The van der Waals surface area contributed by atoms with Crippen LogP contribution in [0, 0.1) is 11.6 Å². The Kier molecular flexibility index (Phi) is 3.33. The van der Waals surface area contributed by atoms with Gasteiger partial charge in [-0.1, -0.05) is 6.07 Å². The first-order valence-electron chi connectivity index (χ1n) is 5.23. The first-order valence-corrected chi connectivity index (χ1v) is 5.23. The van der Waals surface area contributed by atoms with Gasteiger partial charge in [-0.15, -0.1) is 0 Å². The van der Waals surface area contributed by atoms with E-state index >= 15 is 0 Å². The van der Waals surface area contributed by atoms with Crippen LogP contribution in [0.25, 0.3) is 0 Å². The summed E-state index contributed by atoms with van der Waals surface area (Å²) in [6.07, 6.45) is 0. The molecule has 0 aromatic heterocycles. The summed E-state index contributed by atoms with van der Waals surface area (Å²) in [6, 6.07) is 7.27. The van der Waals surface area contributed by atoms with Gasteiger partial charge in [-0.05, 0) is 24.3 Å². The second-order valence-electron chi connectivity index (χ2n) is 3.71. The van der Waals surface area contributed by atoms with Crippen LogP contribution >= 0.6 is 0 Å². The van der Waals surface area contributed by atoms with Gasteiger partial charge in [0, 0.05) is 11.8 Å². The van der Waals surface area contributed by atoms with Crippen LogP contribution in [-0.4, -0.2) is 11.1 Å². The smallest absolute Gasteiger partial charge is 0.337 e. The lowest BCUT2D eigenvalue weighted by Gasteiger charge is -2.08. The molecule has 6 heteroatoms. The maximum Gasteiger partial charge on any atom is 0.337 e. The highest BCUT2D eigenvalue weighted by Crippen LogP contribution is 2.28. The largest absolute Gasteiger partial charge is 0.478 e. The Morgan fingerprint density at radius 3 is 2.58 bits per heavy atom. The number of nitrogen functional groups attached to an aromatic ring is 1. The summed E-state index contributed by atoms with van der Waals surface area (Å²) in [4.78, 5) is 10.8. The zero-order valence-corrected chi connectivity index (χ0v) is 9.56. The van der Waals surface area contributed by atoms with E-state index in [1.54, 1.807) is 0 Å². The van der Waals surface area contributed by atoms with Crippen LogP contribution in [0.1, 0.15) is 10.4 Å². The molecule has 0 unspecified atom stereocenters. The van der Waals surface area contributed by atoms with Gasteiger partial charge in [0.25, 0.3) is 0 Å². The number of carbonyl (C=O) groups is 1. The van der Waals surface area contributed by atoms with Crippen molar-refractivity contribution in [2.45, 2.75) is 0 Å². The maximum atomic E-state index is 13.4. The quantitative estimate of drug-likeness (QED) is 0.836. The van der Waals surface area contributed by atoms with E-state index < -0.39 is 17.6 Å². The second-order valence-corrected chi connectivity index (χ2v) is 3.71. The molecule has 0 spiro atoms. The summed E-state index contributed by atoms with van der Waals surface area (Å²) < 4.78 is 31.5. The van der Waals surface area contributed by atoms with Crippen LogP contribution in [0.5, 0.6) is 11.5 Å². The average molecular weight is 265 g/mol. The van der Waals surface area contributed by atoms with Crippen LogP contribution in [0.2, 0.25) is 0 Å². The molecule has 0 atom stereocenters. The van der Waals surface area contributed by atoms with E-state index in [1.165, 1.54) is 30.3 Å². The molecular formula is C13H9F2NO3. The van der Waals surface area contributed by atoms with Gasteiger partial charge in [-0.25, -0.2) is 9.18 Å². The molecule has 4 nitrogen and oxygen atoms in total. The van der Waals surface area contributed by atoms with Crippen molar-refractivity contribution in [3.8, 4) is 11.5 Å². The molecule has 0 saturated heterocycles. The molecule has 2 rings (SSSR count). The number of carboxylic acid groups (broad SMARTS) is 1. The highest BCUT2D eigenvalue weighted by molar-refractivity contribution is 5.93. The molecule has 0 saturated carbocycles. The molecule has 3 N–H and O–H groups in total. The number of ether oxygens (including phenoxy) is 1. The molecule has 0 bridgehead atoms. The summed E-state index contributed by atoms with van der Waals surface area (Å²) >= 11 is 0. The first kappa shape index (κ1) is 12.8. The average Bonchev–Trinajstić information content (AvgIpc) is 2.34. The fraction of sp³-hybridized carbons (Fsp3) is 0. The van der Waals surface area contributed by atoms with Crippen LogP contribution in [-0.2, 0) is 0 Å². The maximum absolute atomic E-state index is 13.4. The first-order chi connectivity index (χ1) is 8.99. The number of rotatable bonds is 3. The zero-order chi connectivity index (χ0) is 14.0. The number of benzene rings is 2. The lowest BCUT2D eigenvalue weighted by atomic mass is 10.2. The zero-order valence-electron chi connectivity index (χ0n) is 9.56. The Labute approximate surface area is 107 Å². The van der Waals surface area contributed by atoms with E-state index in [-0.39, 0.29) is 22.7 Å². The van der Waals surface area contributed by atoms with Gasteiger partial charge < -0.3 is 15.6 Å². The monoisotopic (exact) mass is 265 g/mol. The van der Waals surface area contributed by atoms with Gasteiger partial charge in [0.1, 0.15) is 5.75 Å². The third kappa shape index (κ3) is 2.62. The molecule has 98 valence electrons. The predicted molar refractivity (Wildman–Crippen MR) is 64.2 cm³/mol. The summed E-state index contributed by atoms with van der Waals surface area (Å²) in [5, 5.41) is 8.80. The fourth-order valence-corrected chi connectivity index (χ4v) is 1.49. The number of aromatic carboxylic acids is 1. The Morgan fingerprint density at radius 2 is 1.95 bits per heavy atom. The fourth-order valence-electron chi connectivity index (χ4n) is 1.49. The Hall–Kier alpha value is -2.63. The van der Waals surface area contributed by atoms with Crippen molar-refractivity contribution in [2.75, 3.05) is 5.73 Å². The molecule has 2 aromatic carbocycles. The van der Waals surface area contributed by atoms with Crippen LogP contribution in [0.3, 0.4) is 0 Å². The van der Waals surface area contributed by atoms with Gasteiger partial charge in [0.2, 0.25) is 5.82 Å². The predicted octanol–water partition coefficient (Wildman–Crippen LogP) is 3.04. The standard InChI is InChI=1S/C13H9F2NO3/c14-9-2-1-3-11(12(9)15)19-7-4-5-8(13(17)18)10(16)6-7/h1-6H,16H2,(H,17,18). The minimum absolute atomic E-state index is 0.0261. The highest BCUT2D eigenvalue weighted by atomic mass is 19.2. The molecular weight excluding hydrogens is 256 g/mol. The van der Waals surface area contributed by atoms with Crippen LogP contribution < -0.4 is 10.5 Å². The number of hydrogen-bond acceptors (Lipinski definition) is 3. The minimum Gasteiger partial charge on any atom is -0.478 e. The molecule has 0 aliphatic carbocycles. The number of carboxylic acids is 1. The van der Waals surface area contributed by atoms with Crippen molar-refractivity contribution in [1.82, 2.24) is 0 Å². The number of anilines is 1. The normalized spacial score (nSPS) is 10.2. The van der Waals surface area contributed by atoms with E-state index in [1.807, 2.05) is 0 Å².